The van der Waals surface area contributed by atoms with Crippen molar-refractivity contribution in [2.45, 2.75) is 12.7 Å². The molecule has 7 nitrogen and oxygen atoms in total. The summed E-state index contributed by atoms with van der Waals surface area (Å²) in [6.07, 6.45) is -3.44. The molecule has 3 rings (SSSR count). The molecule has 0 aliphatic carbocycles. The van der Waals surface area contributed by atoms with Crippen LogP contribution in [0.3, 0.4) is 0 Å². The molecular weight excluding hydrogens is 387 g/mol. The molecule has 0 aliphatic heterocycles. The van der Waals surface area contributed by atoms with E-state index in [0.29, 0.717) is 11.1 Å². The molecule has 0 unspecified atom stereocenters. The number of alkyl halides is 3. The summed E-state index contributed by atoms with van der Waals surface area (Å²) < 4.78 is 40.4. The van der Waals surface area contributed by atoms with Crippen molar-refractivity contribution < 1.29 is 22.8 Å². The van der Waals surface area contributed by atoms with Crippen molar-refractivity contribution in [1.29, 1.82) is 0 Å². The van der Waals surface area contributed by atoms with E-state index in [4.69, 9.17) is 0 Å². The minimum atomic E-state index is -4.57. The van der Waals surface area contributed by atoms with Gasteiger partial charge in [0.15, 0.2) is 5.69 Å². The normalized spacial score (nSPS) is 11.2. The second-order valence-corrected chi connectivity index (χ2v) is 6.03. The largest absolute Gasteiger partial charge is 0.418 e. The lowest BCUT2D eigenvalue weighted by atomic mass is 10.1. The van der Waals surface area contributed by atoms with Crippen LogP contribution >= 0.6 is 0 Å². The lowest BCUT2D eigenvalue weighted by Gasteiger charge is -2.11. The third-order valence-corrected chi connectivity index (χ3v) is 4.05. The number of hydrogen-bond acceptors (Lipinski definition) is 4. The van der Waals surface area contributed by atoms with Crippen LogP contribution in [0.15, 0.2) is 54.7 Å². The van der Waals surface area contributed by atoms with Crippen LogP contribution in [0.4, 0.5) is 13.2 Å². The van der Waals surface area contributed by atoms with Crippen LogP contribution in [0.5, 0.6) is 0 Å². The van der Waals surface area contributed by atoms with Gasteiger partial charge in [0.25, 0.3) is 11.8 Å². The third kappa shape index (κ3) is 4.60. The monoisotopic (exact) mass is 403 g/mol. The van der Waals surface area contributed by atoms with Crippen LogP contribution in [0, 0.1) is 0 Å². The van der Waals surface area contributed by atoms with E-state index in [1.54, 1.807) is 24.3 Å². The average molecular weight is 403 g/mol. The zero-order chi connectivity index (χ0) is 21.0. The van der Waals surface area contributed by atoms with E-state index >= 15 is 0 Å². The zero-order valence-corrected chi connectivity index (χ0v) is 15.2. The Morgan fingerprint density at radius 3 is 2.55 bits per heavy atom. The van der Waals surface area contributed by atoms with Crippen LogP contribution < -0.4 is 10.6 Å². The topological polar surface area (TPSA) is 88.9 Å². The Bertz CT molecular complexity index is 1050. The summed E-state index contributed by atoms with van der Waals surface area (Å²) in [5.74, 6) is -0.865. The second kappa shape index (κ2) is 8.13. The molecule has 0 bridgehead atoms. The van der Waals surface area contributed by atoms with Gasteiger partial charge in [-0.05, 0) is 29.8 Å². The molecule has 2 aromatic carbocycles. The van der Waals surface area contributed by atoms with Gasteiger partial charge in [-0.1, -0.05) is 29.5 Å². The molecule has 2 amide bonds. The van der Waals surface area contributed by atoms with Crippen molar-refractivity contribution in [1.82, 2.24) is 25.6 Å². The molecule has 10 heteroatoms. The van der Waals surface area contributed by atoms with Crippen LogP contribution in [0.25, 0.3) is 5.69 Å². The van der Waals surface area contributed by atoms with Crippen molar-refractivity contribution >= 4 is 11.8 Å². The maximum absolute atomic E-state index is 13.2. The number of hydrogen-bond donors (Lipinski definition) is 2. The summed E-state index contributed by atoms with van der Waals surface area (Å²) in [5, 5.41) is 12.4. The SMILES string of the molecule is CNC(=O)c1cccc(CNC(=O)c2cn(-c3ccccc3C(F)(F)F)nn2)c1. The van der Waals surface area contributed by atoms with Crippen molar-refractivity contribution in [3.05, 3.63) is 77.1 Å². The molecule has 1 heterocycles. The first kappa shape index (κ1) is 20.1. The standard InChI is InChI=1S/C19H16F3N5O2/c1-23-17(28)13-6-4-5-12(9-13)10-24-18(29)15-11-27(26-25-15)16-8-3-2-7-14(16)19(20,21)22/h2-9,11H,10H2,1H3,(H,23,28)(H,24,29). The molecule has 150 valence electrons. The quantitative estimate of drug-likeness (QED) is 0.685. The fourth-order valence-electron chi connectivity index (χ4n) is 2.64. The first-order chi connectivity index (χ1) is 13.8. The van der Waals surface area contributed by atoms with Gasteiger partial charge in [0, 0.05) is 19.2 Å². The molecule has 29 heavy (non-hydrogen) atoms. The molecule has 1 aromatic heterocycles. The summed E-state index contributed by atoms with van der Waals surface area (Å²) in [4.78, 5) is 24.0. The number of rotatable bonds is 5. The van der Waals surface area contributed by atoms with E-state index in [0.717, 1.165) is 16.9 Å². The molecule has 0 saturated carbocycles. The second-order valence-electron chi connectivity index (χ2n) is 6.03. The van der Waals surface area contributed by atoms with Crippen LogP contribution in [0.1, 0.15) is 32.0 Å². The molecule has 0 fully saturated rings. The van der Waals surface area contributed by atoms with Gasteiger partial charge in [0.1, 0.15) is 0 Å². The Morgan fingerprint density at radius 2 is 1.83 bits per heavy atom. The molecule has 0 saturated heterocycles. The predicted molar refractivity (Wildman–Crippen MR) is 97.4 cm³/mol. The summed E-state index contributed by atoms with van der Waals surface area (Å²) in [5.41, 5.74) is -0.139. The van der Waals surface area contributed by atoms with Crippen LogP contribution in [-0.4, -0.2) is 33.9 Å². The summed E-state index contributed by atoms with van der Waals surface area (Å²) in [7, 11) is 1.51. The van der Waals surface area contributed by atoms with Gasteiger partial charge in [-0.15, -0.1) is 5.10 Å². The molecule has 0 spiro atoms. The lowest BCUT2D eigenvalue weighted by molar-refractivity contribution is -0.137. The van der Waals surface area contributed by atoms with Gasteiger partial charge in [-0.2, -0.15) is 13.2 Å². The average Bonchev–Trinajstić information content (AvgIpc) is 3.21. The summed E-state index contributed by atoms with van der Waals surface area (Å²) in [6, 6.07) is 11.5. The minimum Gasteiger partial charge on any atom is -0.355 e. The van der Waals surface area contributed by atoms with Gasteiger partial charge in [-0.25, -0.2) is 4.68 Å². The Kier molecular flexibility index (Phi) is 5.62. The van der Waals surface area contributed by atoms with Gasteiger partial charge in [0.05, 0.1) is 17.4 Å². The van der Waals surface area contributed by atoms with E-state index in [1.165, 1.54) is 25.2 Å². The van der Waals surface area contributed by atoms with E-state index < -0.39 is 17.6 Å². The number of aromatic nitrogens is 3. The molecule has 0 radical (unpaired) electrons. The zero-order valence-electron chi connectivity index (χ0n) is 15.2. The number of carbonyl (C=O) groups is 2. The van der Waals surface area contributed by atoms with Crippen LogP contribution in [0.2, 0.25) is 0 Å². The molecule has 2 N–H and O–H groups in total. The van der Waals surface area contributed by atoms with E-state index in [2.05, 4.69) is 20.9 Å². The fraction of sp³-hybridized carbons (Fsp3) is 0.158. The maximum Gasteiger partial charge on any atom is 0.418 e. The first-order valence-corrected chi connectivity index (χ1v) is 8.48. The van der Waals surface area contributed by atoms with Crippen molar-refractivity contribution in [2.24, 2.45) is 0 Å². The molecular formula is C19H16F3N5O2. The number of carbonyl (C=O) groups excluding carboxylic acids is 2. The van der Waals surface area contributed by atoms with E-state index in [1.807, 2.05) is 0 Å². The Balaban J connectivity index is 1.74. The Labute approximate surface area is 163 Å². The number of para-hydroxylation sites is 1. The van der Waals surface area contributed by atoms with Crippen LogP contribution in [-0.2, 0) is 12.7 Å². The van der Waals surface area contributed by atoms with Gasteiger partial charge >= 0.3 is 6.18 Å². The summed E-state index contributed by atoms with van der Waals surface area (Å²) >= 11 is 0. The number of nitrogens with zero attached hydrogens (tertiary/aromatic N) is 3. The first-order valence-electron chi connectivity index (χ1n) is 8.48. The number of halogens is 3. The number of nitrogens with one attached hydrogen (secondary N) is 2. The highest BCUT2D eigenvalue weighted by Gasteiger charge is 2.34. The summed E-state index contributed by atoms with van der Waals surface area (Å²) in [6.45, 7) is 0.107. The predicted octanol–water partition coefficient (Wildman–Crippen LogP) is 2.58. The maximum atomic E-state index is 13.2. The molecule has 0 atom stereocenters. The van der Waals surface area contributed by atoms with Gasteiger partial charge < -0.3 is 10.6 Å². The smallest absolute Gasteiger partial charge is 0.355 e. The highest BCUT2D eigenvalue weighted by Crippen LogP contribution is 2.33. The van der Waals surface area contributed by atoms with Crippen molar-refractivity contribution in [3.63, 3.8) is 0 Å². The number of amides is 2. The third-order valence-electron chi connectivity index (χ3n) is 4.05. The Hall–Kier alpha value is -3.69. The number of benzene rings is 2. The van der Waals surface area contributed by atoms with Gasteiger partial charge in [0.2, 0.25) is 0 Å². The van der Waals surface area contributed by atoms with E-state index in [-0.39, 0.29) is 23.8 Å². The lowest BCUT2D eigenvalue weighted by Crippen LogP contribution is -2.23. The molecule has 3 aromatic rings. The van der Waals surface area contributed by atoms with Crippen molar-refractivity contribution in [3.8, 4) is 5.69 Å². The van der Waals surface area contributed by atoms with E-state index in [9.17, 15) is 22.8 Å². The van der Waals surface area contributed by atoms with Gasteiger partial charge in [-0.3, -0.25) is 9.59 Å². The highest BCUT2D eigenvalue weighted by molar-refractivity contribution is 5.94. The molecule has 0 aliphatic rings. The highest BCUT2D eigenvalue weighted by atomic mass is 19.4. The fourth-order valence-corrected chi connectivity index (χ4v) is 2.64. The Morgan fingerprint density at radius 1 is 1.07 bits per heavy atom. The van der Waals surface area contributed by atoms with Crippen molar-refractivity contribution in [2.75, 3.05) is 7.05 Å². The minimum absolute atomic E-state index is 0.107.